The molecule has 1 heterocycles. The van der Waals surface area contributed by atoms with E-state index < -0.39 is 17.3 Å². The molecule has 0 bridgehead atoms. The highest BCUT2D eigenvalue weighted by molar-refractivity contribution is 6.33. The Labute approximate surface area is 182 Å². The number of ether oxygens (including phenoxy) is 1. The van der Waals surface area contributed by atoms with Crippen LogP contribution in [0.2, 0.25) is 10.0 Å². The van der Waals surface area contributed by atoms with Crippen LogP contribution in [0.1, 0.15) is 48.9 Å². The number of nitrogens with two attached hydrogens (primary N) is 1. The van der Waals surface area contributed by atoms with E-state index in [1.54, 1.807) is 12.1 Å². The average Bonchev–Trinajstić information content (AvgIpc) is 3.41. The Morgan fingerprint density at radius 1 is 1.17 bits per heavy atom. The second-order valence-corrected chi connectivity index (χ2v) is 8.51. The van der Waals surface area contributed by atoms with E-state index in [1.807, 2.05) is 18.4 Å². The van der Waals surface area contributed by atoms with Gasteiger partial charge in [-0.15, -0.1) is 10.2 Å². The Morgan fingerprint density at radius 2 is 1.90 bits per heavy atom. The summed E-state index contributed by atoms with van der Waals surface area (Å²) in [7, 11) is 0. The van der Waals surface area contributed by atoms with Crippen molar-refractivity contribution in [1.29, 1.82) is 0 Å². The van der Waals surface area contributed by atoms with Crippen molar-refractivity contribution in [2.45, 2.75) is 38.3 Å². The van der Waals surface area contributed by atoms with E-state index in [-0.39, 0.29) is 11.1 Å². The summed E-state index contributed by atoms with van der Waals surface area (Å²) >= 11 is 12.6. The van der Waals surface area contributed by atoms with Crippen molar-refractivity contribution in [2.75, 3.05) is 0 Å². The van der Waals surface area contributed by atoms with Gasteiger partial charge in [0.25, 0.3) is 0 Å². The molecule has 0 radical (unpaired) electrons. The maximum atomic E-state index is 13.4. The van der Waals surface area contributed by atoms with E-state index in [0.717, 1.165) is 12.8 Å². The van der Waals surface area contributed by atoms with Gasteiger partial charge in [0.1, 0.15) is 11.6 Å². The SMILES string of the molecule is CC(C)(Oc1ccc(F)cc1Cl)c1nnc(-c2ccc(C(N)=O)cc2Cl)n1C1CC1. The Hall–Kier alpha value is -2.64. The van der Waals surface area contributed by atoms with E-state index in [0.29, 0.717) is 33.5 Å². The highest BCUT2D eigenvalue weighted by Crippen LogP contribution is 2.43. The summed E-state index contributed by atoms with van der Waals surface area (Å²) in [6.07, 6.45) is 1.95. The molecule has 0 aliphatic heterocycles. The molecule has 30 heavy (non-hydrogen) atoms. The molecular weight excluding hydrogens is 430 g/mol. The second-order valence-electron chi connectivity index (χ2n) is 7.69. The van der Waals surface area contributed by atoms with Crippen LogP contribution in [0.25, 0.3) is 11.4 Å². The minimum absolute atomic E-state index is 0.172. The first-order valence-corrected chi connectivity index (χ1v) is 10.1. The molecule has 1 aliphatic rings. The van der Waals surface area contributed by atoms with E-state index in [1.165, 1.54) is 24.3 Å². The van der Waals surface area contributed by atoms with Crippen LogP contribution in [0.15, 0.2) is 36.4 Å². The number of carbonyl (C=O) groups is 1. The molecule has 2 N–H and O–H groups in total. The fourth-order valence-corrected chi connectivity index (χ4v) is 3.76. The van der Waals surface area contributed by atoms with Gasteiger partial charge in [-0.05, 0) is 63.1 Å². The molecule has 6 nitrogen and oxygen atoms in total. The molecule has 1 amide bonds. The molecule has 2 aromatic carbocycles. The third-order valence-electron chi connectivity index (χ3n) is 4.90. The van der Waals surface area contributed by atoms with Crippen molar-refractivity contribution in [3.05, 3.63) is 63.6 Å². The molecule has 4 rings (SSSR count). The number of rotatable bonds is 6. The number of carbonyl (C=O) groups excluding carboxylic acids is 1. The summed E-state index contributed by atoms with van der Waals surface area (Å²) < 4.78 is 21.5. The lowest BCUT2D eigenvalue weighted by Gasteiger charge is -2.27. The third-order valence-corrected chi connectivity index (χ3v) is 5.51. The first-order chi connectivity index (χ1) is 14.2. The van der Waals surface area contributed by atoms with Crippen LogP contribution in [0, 0.1) is 5.82 Å². The van der Waals surface area contributed by atoms with Crippen molar-refractivity contribution in [3.8, 4) is 17.1 Å². The lowest BCUT2D eigenvalue weighted by Crippen LogP contribution is -2.30. The molecule has 0 spiro atoms. The Bertz CT molecular complexity index is 1140. The number of hydrogen-bond acceptors (Lipinski definition) is 4. The van der Waals surface area contributed by atoms with Crippen LogP contribution < -0.4 is 10.5 Å². The van der Waals surface area contributed by atoms with Crippen molar-refractivity contribution in [1.82, 2.24) is 14.8 Å². The van der Waals surface area contributed by atoms with Crippen molar-refractivity contribution < 1.29 is 13.9 Å². The standard InChI is InChI=1S/C21H19Cl2FN4O2/c1-21(2,30-17-8-4-12(24)10-16(17)23)20-27-26-19(28(20)13-5-6-13)14-7-3-11(18(25)29)9-15(14)22/h3-4,7-10,13H,5-6H2,1-2H3,(H2,25,29). The predicted octanol–water partition coefficient (Wildman–Crippen LogP) is 5.14. The van der Waals surface area contributed by atoms with Gasteiger partial charge in [0.05, 0.1) is 10.0 Å². The van der Waals surface area contributed by atoms with Crippen molar-refractivity contribution in [2.24, 2.45) is 5.73 Å². The Kier molecular flexibility index (Phi) is 5.20. The molecule has 3 aromatic rings. The molecule has 0 saturated heterocycles. The van der Waals surface area contributed by atoms with Gasteiger partial charge in [-0.25, -0.2) is 4.39 Å². The lowest BCUT2D eigenvalue weighted by atomic mass is 10.1. The zero-order valence-corrected chi connectivity index (χ0v) is 17.8. The largest absolute Gasteiger partial charge is 0.478 e. The van der Waals surface area contributed by atoms with Crippen LogP contribution in [-0.2, 0) is 5.60 Å². The van der Waals surface area contributed by atoms with Gasteiger partial charge in [0.15, 0.2) is 17.2 Å². The van der Waals surface area contributed by atoms with Gasteiger partial charge in [-0.1, -0.05) is 23.2 Å². The first-order valence-electron chi connectivity index (χ1n) is 9.36. The maximum absolute atomic E-state index is 13.4. The fourth-order valence-electron chi connectivity index (χ4n) is 3.29. The molecule has 1 saturated carbocycles. The molecule has 9 heteroatoms. The summed E-state index contributed by atoms with van der Waals surface area (Å²) in [5.74, 6) is 0.519. The smallest absolute Gasteiger partial charge is 0.248 e. The van der Waals surface area contributed by atoms with E-state index in [2.05, 4.69) is 10.2 Å². The maximum Gasteiger partial charge on any atom is 0.248 e. The average molecular weight is 449 g/mol. The number of hydrogen-bond donors (Lipinski definition) is 1. The number of primary amides is 1. The number of benzene rings is 2. The van der Waals surface area contributed by atoms with Crippen LogP contribution in [0.5, 0.6) is 5.75 Å². The van der Waals surface area contributed by atoms with Gasteiger partial charge >= 0.3 is 0 Å². The van der Waals surface area contributed by atoms with E-state index in [9.17, 15) is 9.18 Å². The van der Waals surface area contributed by atoms with E-state index in [4.69, 9.17) is 33.7 Å². The second kappa shape index (κ2) is 7.56. The molecule has 1 aromatic heterocycles. The zero-order chi connectivity index (χ0) is 21.6. The van der Waals surface area contributed by atoms with Crippen molar-refractivity contribution >= 4 is 29.1 Å². The summed E-state index contributed by atoms with van der Waals surface area (Å²) in [4.78, 5) is 11.4. The highest BCUT2D eigenvalue weighted by atomic mass is 35.5. The van der Waals surface area contributed by atoms with Crippen LogP contribution in [0.3, 0.4) is 0 Å². The van der Waals surface area contributed by atoms with E-state index >= 15 is 0 Å². The number of aromatic nitrogens is 3. The monoisotopic (exact) mass is 448 g/mol. The minimum atomic E-state index is -0.908. The molecule has 0 unspecified atom stereocenters. The molecule has 0 atom stereocenters. The van der Waals surface area contributed by atoms with Crippen LogP contribution in [-0.4, -0.2) is 20.7 Å². The van der Waals surface area contributed by atoms with Gasteiger partial charge < -0.3 is 15.0 Å². The number of halogens is 3. The zero-order valence-electron chi connectivity index (χ0n) is 16.3. The summed E-state index contributed by atoms with van der Waals surface area (Å²) in [6, 6.07) is 9.01. The predicted molar refractivity (Wildman–Crippen MR) is 112 cm³/mol. The van der Waals surface area contributed by atoms with Crippen molar-refractivity contribution in [3.63, 3.8) is 0 Å². The van der Waals surface area contributed by atoms with Gasteiger partial charge in [-0.2, -0.15) is 0 Å². The quantitative estimate of drug-likeness (QED) is 0.565. The third kappa shape index (κ3) is 3.87. The Morgan fingerprint density at radius 3 is 2.50 bits per heavy atom. The van der Waals surface area contributed by atoms with Crippen LogP contribution >= 0.6 is 23.2 Å². The highest BCUT2D eigenvalue weighted by Gasteiger charge is 2.38. The number of nitrogens with zero attached hydrogens (tertiary/aromatic N) is 3. The topological polar surface area (TPSA) is 83.0 Å². The van der Waals surface area contributed by atoms with Crippen LogP contribution in [0.4, 0.5) is 4.39 Å². The van der Waals surface area contributed by atoms with Gasteiger partial charge in [0.2, 0.25) is 5.91 Å². The first kappa shape index (κ1) is 20.6. The molecule has 156 valence electrons. The normalized spacial score (nSPS) is 14.0. The van der Waals surface area contributed by atoms with Gasteiger partial charge in [-0.3, -0.25) is 4.79 Å². The van der Waals surface area contributed by atoms with Gasteiger partial charge in [0, 0.05) is 17.2 Å². The molecular formula is C21H19Cl2FN4O2. The fraction of sp³-hybridized carbons (Fsp3) is 0.286. The summed E-state index contributed by atoms with van der Waals surface area (Å²) in [5, 5.41) is 9.28. The minimum Gasteiger partial charge on any atom is -0.478 e. The lowest BCUT2D eigenvalue weighted by molar-refractivity contribution is 0.0937. The summed E-state index contributed by atoms with van der Waals surface area (Å²) in [6.45, 7) is 3.69. The molecule has 1 fully saturated rings. The molecule has 1 aliphatic carbocycles. The summed E-state index contributed by atoms with van der Waals surface area (Å²) in [5.41, 5.74) is 5.38. The number of amides is 1. The Balaban J connectivity index is 1.75.